The first-order chi connectivity index (χ1) is 9.63. The molecule has 2 N–H and O–H groups in total. The summed E-state index contributed by atoms with van der Waals surface area (Å²) in [6, 6.07) is 13.7. The molecule has 2 aromatic carbocycles. The second kappa shape index (κ2) is 4.89. The molecule has 1 heterocycles. The quantitative estimate of drug-likeness (QED) is 0.762. The van der Waals surface area contributed by atoms with E-state index >= 15 is 0 Å². The zero-order chi connectivity index (χ0) is 14.1. The summed E-state index contributed by atoms with van der Waals surface area (Å²) in [7, 11) is 0. The Labute approximate surface area is 119 Å². The topological polar surface area (TPSA) is 57.9 Å². The van der Waals surface area contributed by atoms with Crippen LogP contribution >= 0.6 is 0 Å². The highest BCUT2D eigenvalue weighted by atomic mass is 16.5. The van der Waals surface area contributed by atoms with Gasteiger partial charge >= 0.3 is 5.69 Å². The number of aromatic amines is 2. The maximum atomic E-state index is 11.3. The number of rotatable bonds is 3. The highest BCUT2D eigenvalue weighted by Gasteiger charge is 2.08. The van der Waals surface area contributed by atoms with Crippen molar-refractivity contribution in [1.82, 2.24) is 9.97 Å². The predicted octanol–water partition coefficient (Wildman–Crippen LogP) is 3.80. The maximum absolute atomic E-state index is 11.3. The summed E-state index contributed by atoms with van der Waals surface area (Å²) in [6.07, 6.45) is 0.118. The van der Waals surface area contributed by atoms with E-state index < -0.39 is 0 Å². The summed E-state index contributed by atoms with van der Waals surface area (Å²) < 4.78 is 5.84. The van der Waals surface area contributed by atoms with Crippen LogP contribution in [0.1, 0.15) is 16.7 Å². The summed E-state index contributed by atoms with van der Waals surface area (Å²) in [5.74, 6) is 0.847. The molecule has 0 aliphatic rings. The van der Waals surface area contributed by atoms with Gasteiger partial charge < -0.3 is 14.7 Å². The lowest BCUT2D eigenvalue weighted by atomic mass is 10.0. The highest BCUT2D eigenvalue weighted by molar-refractivity contribution is 5.83. The molecule has 0 aliphatic heterocycles. The molecule has 0 fully saturated rings. The van der Waals surface area contributed by atoms with Crippen LogP contribution in [-0.2, 0) is 0 Å². The number of hydrogen-bond acceptors (Lipinski definition) is 2. The van der Waals surface area contributed by atoms with Crippen LogP contribution in [0.25, 0.3) is 22.2 Å². The molecular formula is C16H20N2O2. The smallest absolute Gasteiger partial charge is 0.323 e. The molecule has 106 valence electrons. The number of nitrogens with one attached hydrogen (secondary N) is 2. The first-order valence-electron chi connectivity index (χ1n) is 6.61. The molecule has 4 nitrogen and oxygen atoms in total. The third-order valence-electron chi connectivity index (χ3n) is 3.08. The van der Waals surface area contributed by atoms with Crippen LogP contribution in [0.5, 0.6) is 5.75 Å². The molecule has 0 saturated heterocycles. The number of imidazole rings is 1. The Morgan fingerprint density at radius 1 is 1.05 bits per heavy atom. The predicted molar refractivity (Wildman–Crippen MR) is 84.3 cm³/mol. The first kappa shape index (κ1) is 12.5. The minimum atomic E-state index is -0.191. The van der Waals surface area contributed by atoms with Gasteiger partial charge in [-0.2, -0.15) is 0 Å². The van der Waals surface area contributed by atoms with Crippen molar-refractivity contribution in [3.05, 3.63) is 52.9 Å². The molecule has 0 bridgehead atoms. The lowest BCUT2D eigenvalue weighted by Crippen LogP contribution is -2.06. The summed E-state index contributed by atoms with van der Waals surface area (Å²) in [4.78, 5) is 16.8. The van der Waals surface area contributed by atoms with Crippen LogP contribution in [-0.4, -0.2) is 16.1 Å². The van der Waals surface area contributed by atoms with Gasteiger partial charge in [-0.25, -0.2) is 4.79 Å². The summed E-state index contributed by atoms with van der Waals surface area (Å²) in [5, 5.41) is 0. The first-order valence-corrected chi connectivity index (χ1v) is 6.61. The molecule has 3 rings (SSSR count). The normalized spacial score (nSPS) is 11.2. The van der Waals surface area contributed by atoms with E-state index in [-0.39, 0.29) is 14.6 Å². The van der Waals surface area contributed by atoms with Gasteiger partial charge in [0.05, 0.1) is 17.1 Å². The van der Waals surface area contributed by atoms with E-state index in [4.69, 9.17) is 4.74 Å². The molecule has 0 atom stereocenters. The Hall–Kier alpha value is -2.49. The largest absolute Gasteiger partial charge is 0.490 e. The van der Waals surface area contributed by atoms with Crippen molar-refractivity contribution in [3.8, 4) is 16.9 Å². The van der Waals surface area contributed by atoms with Crippen molar-refractivity contribution >= 4 is 11.0 Å². The zero-order valence-electron chi connectivity index (χ0n) is 11.4. The van der Waals surface area contributed by atoms with E-state index in [1.807, 2.05) is 56.3 Å². The number of para-hydroxylation sites is 1. The third-order valence-corrected chi connectivity index (χ3v) is 3.08. The Morgan fingerprint density at radius 2 is 1.80 bits per heavy atom. The molecule has 0 aliphatic carbocycles. The number of benzene rings is 2. The van der Waals surface area contributed by atoms with Crippen molar-refractivity contribution in [2.45, 2.75) is 20.0 Å². The van der Waals surface area contributed by atoms with Gasteiger partial charge in [-0.05, 0) is 37.6 Å². The Morgan fingerprint density at radius 3 is 2.60 bits per heavy atom. The second-order valence-corrected chi connectivity index (χ2v) is 5.00. The minimum absolute atomic E-state index is 0. The van der Waals surface area contributed by atoms with Crippen molar-refractivity contribution in [2.75, 3.05) is 0 Å². The summed E-state index contributed by atoms with van der Waals surface area (Å²) >= 11 is 0. The molecule has 0 saturated carbocycles. The number of hydrogen-bond donors (Lipinski definition) is 2. The van der Waals surface area contributed by atoms with Gasteiger partial charge in [-0.15, -0.1) is 0 Å². The second-order valence-electron chi connectivity index (χ2n) is 5.00. The molecular weight excluding hydrogens is 252 g/mol. The van der Waals surface area contributed by atoms with Gasteiger partial charge in [0.25, 0.3) is 0 Å². The van der Waals surface area contributed by atoms with E-state index in [1.165, 1.54) is 0 Å². The number of aromatic nitrogens is 2. The standard InChI is InChI=1S/C16H16N2O2.2H2/c1-10(2)20-15-6-4-3-5-12(15)11-7-8-13-14(9-11)18-16(19)17-13;;/h3-10H,1-2H3,(H2,17,18,19);2*1H. The maximum Gasteiger partial charge on any atom is 0.323 e. The third kappa shape index (κ3) is 2.32. The van der Waals surface area contributed by atoms with E-state index in [0.29, 0.717) is 0 Å². The van der Waals surface area contributed by atoms with Gasteiger partial charge in [0.2, 0.25) is 0 Å². The summed E-state index contributed by atoms with van der Waals surface area (Å²) in [6.45, 7) is 4.01. The van der Waals surface area contributed by atoms with Crippen molar-refractivity contribution in [1.29, 1.82) is 0 Å². The van der Waals surface area contributed by atoms with Crippen LogP contribution < -0.4 is 10.4 Å². The molecule has 4 heteroatoms. The molecule has 20 heavy (non-hydrogen) atoms. The molecule has 3 aromatic rings. The molecule has 0 unspecified atom stereocenters. The minimum Gasteiger partial charge on any atom is -0.490 e. The average molecular weight is 272 g/mol. The molecule has 0 amide bonds. The molecule has 1 aromatic heterocycles. The number of ether oxygens (including phenoxy) is 1. The lowest BCUT2D eigenvalue weighted by molar-refractivity contribution is 0.243. The lowest BCUT2D eigenvalue weighted by Gasteiger charge is -2.14. The fourth-order valence-electron chi connectivity index (χ4n) is 2.26. The number of fused-ring (bicyclic) bond motifs is 1. The van der Waals surface area contributed by atoms with Crippen LogP contribution in [0, 0.1) is 0 Å². The molecule has 0 spiro atoms. The van der Waals surface area contributed by atoms with Crippen LogP contribution in [0.4, 0.5) is 0 Å². The Bertz CT molecular complexity index is 809. The average Bonchev–Trinajstić information content (AvgIpc) is 2.77. The van der Waals surface area contributed by atoms with Crippen molar-refractivity contribution in [3.63, 3.8) is 0 Å². The molecule has 0 radical (unpaired) electrons. The summed E-state index contributed by atoms with van der Waals surface area (Å²) in [5.41, 5.74) is 3.45. The van der Waals surface area contributed by atoms with Crippen LogP contribution in [0.2, 0.25) is 0 Å². The number of H-pyrrole nitrogens is 2. The van der Waals surface area contributed by atoms with E-state index in [9.17, 15) is 4.79 Å². The van der Waals surface area contributed by atoms with Gasteiger partial charge in [0.15, 0.2) is 0 Å². The van der Waals surface area contributed by atoms with Crippen molar-refractivity contribution < 1.29 is 7.59 Å². The van der Waals surface area contributed by atoms with Crippen LogP contribution in [0.3, 0.4) is 0 Å². The van der Waals surface area contributed by atoms with Gasteiger partial charge in [0, 0.05) is 8.42 Å². The fourth-order valence-corrected chi connectivity index (χ4v) is 2.26. The SMILES string of the molecule is CC(C)Oc1ccccc1-c1ccc2[nH]c(=O)[nH]c2c1.[HH].[HH]. The van der Waals surface area contributed by atoms with Crippen LogP contribution in [0.15, 0.2) is 47.3 Å². The Kier molecular flexibility index (Phi) is 3.06. The fraction of sp³-hybridized carbons (Fsp3) is 0.188. The van der Waals surface area contributed by atoms with Gasteiger partial charge in [0.1, 0.15) is 5.75 Å². The van der Waals surface area contributed by atoms with Gasteiger partial charge in [-0.1, -0.05) is 24.3 Å². The van der Waals surface area contributed by atoms with Gasteiger partial charge in [-0.3, -0.25) is 0 Å². The monoisotopic (exact) mass is 272 g/mol. The van der Waals surface area contributed by atoms with Crippen molar-refractivity contribution in [2.24, 2.45) is 0 Å². The van der Waals surface area contributed by atoms with E-state index in [2.05, 4.69) is 9.97 Å². The van der Waals surface area contributed by atoms with E-state index in [0.717, 1.165) is 27.9 Å². The zero-order valence-corrected chi connectivity index (χ0v) is 11.4. The Balaban J connectivity index is 0.00000121. The highest BCUT2D eigenvalue weighted by Crippen LogP contribution is 2.31. The van der Waals surface area contributed by atoms with E-state index in [1.54, 1.807) is 0 Å².